The zero-order valence-electron chi connectivity index (χ0n) is 20.1. The van der Waals surface area contributed by atoms with Gasteiger partial charge in [-0.25, -0.2) is 4.79 Å². The van der Waals surface area contributed by atoms with Crippen molar-refractivity contribution in [3.8, 4) is 5.69 Å². The van der Waals surface area contributed by atoms with Crippen molar-refractivity contribution in [2.24, 2.45) is 0 Å². The lowest BCUT2D eigenvalue weighted by Crippen LogP contribution is -2.49. The number of aromatic nitrogens is 1. The third kappa shape index (κ3) is 4.68. The zero-order valence-corrected chi connectivity index (χ0v) is 20.9. The number of anilines is 1. The van der Waals surface area contributed by atoms with Crippen LogP contribution in [0.15, 0.2) is 48.5 Å². The predicted octanol–water partition coefficient (Wildman–Crippen LogP) is 5.20. The molecule has 7 heteroatoms. The maximum absolute atomic E-state index is 13.1. The van der Waals surface area contributed by atoms with E-state index in [-0.39, 0.29) is 11.9 Å². The Morgan fingerprint density at radius 1 is 0.941 bits per heavy atom. The van der Waals surface area contributed by atoms with Gasteiger partial charge < -0.3 is 19.1 Å². The Balaban J connectivity index is 1.45. The monoisotopic (exact) mass is 479 g/mol. The molecule has 0 bridgehead atoms. The molecule has 4 rings (SSSR count). The molecule has 2 heterocycles. The first-order valence-electron chi connectivity index (χ1n) is 11.6. The molecular formula is C27H30ClN3O3. The van der Waals surface area contributed by atoms with Crippen LogP contribution in [-0.2, 0) is 4.74 Å². The van der Waals surface area contributed by atoms with E-state index >= 15 is 0 Å². The molecular weight excluding hydrogens is 450 g/mol. The minimum Gasteiger partial charge on any atom is -0.462 e. The second-order valence-corrected chi connectivity index (χ2v) is 9.03. The molecule has 0 saturated carbocycles. The summed E-state index contributed by atoms with van der Waals surface area (Å²) in [7, 11) is 0. The maximum Gasteiger partial charge on any atom is 0.339 e. The van der Waals surface area contributed by atoms with Gasteiger partial charge in [-0.3, -0.25) is 4.79 Å². The quantitative estimate of drug-likeness (QED) is 0.472. The molecule has 34 heavy (non-hydrogen) atoms. The van der Waals surface area contributed by atoms with Gasteiger partial charge in [0, 0.05) is 59.5 Å². The highest BCUT2D eigenvalue weighted by Gasteiger charge is 2.24. The Labute approximate surface area is 205 Å². The number of nitrogens with zero attached hydrogens (tertiary/aromatic N) is 3. The lowest BCUT2D eigenvalue weighted by atomic mass is 10.1. The van der Waals surface area contributed by atoms with E-state index in [4.69, 9.17) is 16.3 Å². The van der Waals surface area contributed by atoms with Crippen molar-refractivity contribution in [3.05, 3.63) is 81.6 Å². The summed E-state index contributed by atoms with van der Waals surface area (Å²) in [5, 5.41) is 0.724. The van der Waals surface area contributed by atoms with Gasteiger partial charge in [0.25, 0.3) is 5.91 Å². The van der Waals surface area contributed by atoms with Crippen molar-refractivity contribution < 1.29 is 14.3 Å². The second-order valence-electron chi connectivity index (χ2n) is 8.60. The van der Waals surface area contributed by atoms with Gasteiger partial charge in [0.05, 0.1) is 12.2 Å². The van der Waals surface area contributed by atoms with E-state index in [1.807, 2.05) is 71.8 Å². The number of ether oxygens (including phenoxy) is 1. The highest BCUT2D eigenvalue weighted by atomic mass is 35.5. The summed E-state index contributed by atoms with van der Waals surface area (Å²) in [5.74, 6) is -0.289. The van der Waals surface area contributed by atoms with Crippen molar-refractivity contribution in [2.45, 2.75) is 27.7 Å². The van der Waals surface area contributed by atoms with Crippen LogP contribution in [0.5, 0.6) is 0 Å². The molecule has 2 aromatic carbocycles. The summed E-state index contributed by atoms with van der Waals surface area (Å²) in [5.41, 5.74) is 6.19. The SMILES string of the molecule is CCOC(=O)c1cc(C)n(-c2ccc(C(=O)N3CCN(c4cc(Cl)ccc4C)CC3)cc2)c1C. The number of aryl methyl sites for hydroxylation is 2. The number of halogens is 1. The third-order valence-electron chi connectivity index (χ3n) is 6.38. The van der Waals surface area contributed by atoms with E-state index in [0.29, 0.717) is 30.8 Å². The summed E-state index contributed by atoms with van der Waals surface area (Å²) < 4.78 is 7.17. The number of carbonyl (C=O) groups is 2. The number of piperazine rings is 1. The average Bonchev–Trinajstić information content (AvgIpc) is 3.14. The first kappa shape index (κ1) is 23.9. The number of rotatable bonds is 5. The van der Waals surface area contributed by atoms with Gasteiger partial charge >= 0.3 is 5.97 Å². The molecule has 0 radical (unpaired) electrons. The molecule has 1 saturated heterocycles. The molecule has 6 nitrogen and oxygen atoms in total. The van der Waals surface area contributed by atoms with E-state index in [1.54, 1.807) is 6.92 Å². The van der Waals surface area contributed by atoms with Crippen LogP contribution in [-0.4, -0.2) is 54.1 Å². The number of hydrogen-bond acceptors (Lipinski definition) is 4. The van der Waals surface area contributed by atoms with Crippen molar-refractivity contribution >= 4 is 29.2 Å². The number of esters is 1. The van der Waals surface area contributed by atoms with E-state index in [1.165, 1.54) is 5.56 Å². The summed E-state index contributed by atoms with van der Waals surface area (Å²) in [6, 6.07) is 15.3. The molecule has 0 atom stereocenters. The molecule has 1 aliphatic heterocycles. The molecule has 3 aromatic rings. The predicted molar refractivity (Wildman–Crippen MR) is 136 cm³/mol. The molecule has 1 fully saturated rings. The highest BCUT2D eigenvalue weighted by Crippen LogP contribution is 2.26. The van der Waals surface area contributed by atoms with Crippen molar-refractivity contribution in [1.82, 2.24) is 9.47 Å². The van der Waals surface area contributed by atoms with Gasteiger partial charge in [0.15, 0.2) is 0 Å². The molecule has 1 amide bonds. The Bertz CT molecular complexity index is 1210. The number of carbonyl (C=O) groups excluding carboxylic acids is 2. The molecule has 0 aliphatic carbocycles. The Morgan fingerprint density at radius 2 is 1.62 bits per heavy atom. The van der Waals surface area contributed by atoms with E-state index < -0.39 is 0 Å². The van der Waals surface area contributed by atoms with Crippen molar-refractivity contribution in [1.29, 1.82) is 0 Å². The van der Waals surface area contributed by atoms with E-state index in [0.717, 1.165) is 40.9 Å². The average molecular weight is 480 g/mol. The molecule has 1 aliphatic rings. The van der Waals surface area contributed by atoms with Crippen LogP contribution in [0.3, 0.4) is 0 Å². The van der Waals surface area contributed by atoms with E-state index in [2.05, 4.69) is 11.8 Å². The highest BCUT2D eigenvalue weighted by molar-refractivity contribution is 6.30. The van der Waals surface area contributed by atoms with Gasteiger partial charge in [-0.05, 0) is 75.7 Å². The number of benzene rings is 2. The smallest absolute Gasteiger partial charge is 0.339 e. The number of amides is 1. The van der Waals surface area contributed by atoms with Crippen LogP contribution in [0.2, 0.25) is 5.02 Å². The topological polar surface area (TPSA) is 54.8 Å². The normalized spacial score (nSPS) is 13.8. The van der Waals surface area contributed by atoms with E-state index in [9.17, 15) is 9.59 Å². The standard InChI is InChI=1S/C27H30ClN3O3/c1-5-34-27(33)24-16-19(3)31(20(24)4)23-10-7-21(8-11-23)26(32)30-14-12-29(13-15-30)25-17-22(28)9-6-18(25)2/h6-11,16-17H,5,12-15H2,1-4H3. The fraction of sp³-hybridized carbons (Fsp3) is 0.333. The van der Waals surface area contributed by atoms with Gasteiger partial charge in [0.2, 0.25) is 0 Å². The third-order valence-corrected chi connectivity index (χ3v) is 6.61. The van der Waals surface area contributed by atoms with Gasteiger partial charge in [-0.1, -0.05) is 17.7 Å². The van der Waals surface area contributed by atoms with Crippen LogP contribution in [0.4, 0.5) is 5.69 Å². The molecule has 1 aromatic heterocycles. The summed E-state index contributed by atoms with van der Waals surface area (Å²) in [6.07, 6.45) is 0. The van der Waals surface area contributed by atoms with Crippen LogP contribution < -0.4 is 4.90 Å². The fourth-order valence-electron chi connectivity index (χ4n) is 4.58. The first-order chi connectivity index (χ1) is 16.3. The molecule has 0 spiro atoms. The summed E-state index contributed by atoms with van der Waals surface area (Å²) in [4.78, 5) is 29.5. The maximum atomic E-state index is 13.1. The fourth-order valence-corrected chi connectivity index (χ4v) is 4.75. The Kier molecular flexibility index (Phi) is 6.98. The Morgan fingerprint density at radius 3 is 2.26 bits per heavy atom. The van der Waals surface area contributed by atoms with Crippen LogP contribution in [0, 0.1) is 20.8 Å². The molecule has 0 N–H and O–H groups in total. The van der Waals surface area contributed by atoms with Gasteiger partial charge in [0.1, 0.15) is 0 Å². The lowest BCUT2D eigenvalue weighted by molar-refractivity contribution is 0.0525. The minimum atomic E-state index is -0.319. The van der Waals surface area contributed by atoms with Crippen LogP contribution >= 0.6 is 11.6 Å². The Hall–Kier alpha value is -3.25. The lowest BCUT2D eigenvalue weighted by Gasteiger charge is -2.37. The van der Waals surface area contributed by atoms with Gasteiger partial charge in [-0.15, -0.1) is 0 Å². The number of hydrogen-bond donors (Lipinski definition) is 0. The second kappa shape index (κ2) is 9.94. The van der Waals surface area contributed by atoms with Gasteiger partial charge in [-0.2, -0.15) is 0 Å². The van der Waals surface area contributed by atoms with Crippen molar-refractivity contribution in [3.63, 3.8) is 0 Å². The summed E-state index contributed by atoms with van der Waals surface area (Å²) >= 11 is 6.19. The molecule has 178 valence electrons. The molecule has 0 unspecified atom stereocenters. The van der Waals surface area contributed by atoms with Crippen molar-refractivity contribution in [2.75, 3.05) is 37.7 Å². The van der Waals surface area contributed by atoms with Crippen LogP contribution in [0.1, 0.15) is 44.6 Å². The summed E-state index contributed by atoms with van der Waals surface area (Å²) in [6.45, 7) is 10.9. The minimum absolute atomic E-state index is 0.0298. The largest absolute Gasteiger partial charge is 0.462 e. The first-order valence-corrected chi connectivity index (χ1v) is 11.9. The zero-order chi connectivity index (χ0) is 24.4. The van der Waals surface area contributed by atoms with Crippen LogP contribution in [0.25, 0.3) is 5.69 Å².